The van der Waals surface area contributed by atoms with Crippen molar-refractivity contribution >= 4 is 34.2 Å². The van der Waals surface area contributed by atoms with Crippen molar-refractivity contribution in [3.63, 3.8) is 0 Å². The Morgan fingerprint density at radius 1 is 1.18 bits per heavy atom. The Hall–Kier alpha value is -2.40. The summed E-state index contributed by atoms with van der Waals surface area (Å²) in [5, 5.41) is 2.76. The van der Waals surface area contributed by atoms with E-state index < -0.39 is 17.5 Å². The van der Waals surface area contributed by atoms with Crippen LogP contribution in [0.15, 0.2) is 40.8 Å². The van der Waals surface area contributed by atoms with Gasteiger partial charge in [-0.25, -0.2) is 8.78 Å². The normalized spacial score (nSPS) is 10.9. The maximum atomic E-state index is 13.8. The van der Waals surface area contributed by atoms with Gasteiger partial charge in [-0.15, -0.1) is 0 Å². The van der Waals surface area contributed by atoms with Crippen molar-refractivity contribution in [3.8, 4) is 0 Å². The largest absolute Gasteiger partial charge is 0.448 e. The minimum absolute atomic E-state index is 0.00304. The monoisotopic (exact) mass is 321 g/mol. The van der Waals surface area contributed by atoms with E-state index in [1.54, 1.807) is 13.0 Å². The van der Waals surface area contributed by atoms with E-state index in [0.717, 1.165) is 0 Å². The van der Waals surface area contributed by atoms with Crippen LogP contribution in [0, 0.1) is 18.6 Å². The first-order chi connectivity index (χ1) is 10.5. The second kappa shape index (κ2) is 5.42. The minimum atomic E-state index is -0.738. The first-order valence-corrected chi connectivity index (χ1v) is 6.80. The molecule has 1 N–H and O–H groups in total. The van der Waals surface area contributed by atoms with Crippen LogP contribution < -0.4 is 5.32 Å². The number of rotatable bonds is 2. The number of carbonyl (C=O) groups excluding carboxylic acids is 1. The van der Waals surface area contributed by atoms with E-state index in [1.165, 1.54) is 30.3 Å². The second-order valence-corrected chi connectivity index (χ2v) is 5.14. The number of carbonyl (C=O) groups is 1. The van der Waals surface area contributed by atoms with E-state index >= 15 is 0 Å². The third-order valence-corrected chi connectivity index (χ3v) is 3.61. The zero-order valence-corrected chi connectivity index (χ0v) is 12.2. The van der Waals surface area contributed by atoms with Gasteiger partial charge >= 0.3 is 0 Å². The van der Waals surface area contributed by atoms with Crippen LogP contribution in [-0.2, 0) is 0 Å². The van der Waals surface area contributed by atoms with Crippen molar-refractivity contribution in [2.75, 3.05) is 5.32 Å². The molecule has 0 spiro atoms. The molecule has 0 aliphatic rings. The Labute approximate surface area is 129 Å². The second-order valence-electron chi connectivity index (χ2n) is 4.73. The summed E-state index contributed by atoms with van der Waals surface area (Å²) in [5.41, 5.74) is 0.406. The van der Waals surface area contributed by atoms with Gasteiger partial charge < -0.3 is 9.73 Å². The van der Waals surface area contributed by atoms with Crippen molar-refractivity contribution < 1.29 is 18.0 Å². The van der Waals surface area contributed by atoms with Crippen molar-refractivity contribution in [1.29, 1.82) is 0 Å². The molecule has 0 saturated carbocycles. The number of anilines is 1. The molecule has 0 radical (unpaired) electrons. The van der Waals surface area contributed by atoms with E-state index in [0.29, 0.717) is 10.9 Å². The van der Waals surface area contributed by atoms with Crippen molar-refractivity contribution in [2.45, 2.75) is 6.92 Å². The number of benzene rings is 2. The third kappa shape index (κ3) is 2.33. The number of furan rings is 1. The highest BCUT2D eigenvalue weighted by atomic mass is 35.5. The Kier molecular flexibility index (Phi) is 3.58. The van der Waals surface area contributed by atoms with Crippen molar-refractivity contribution in [2.24, 2.45) is 0 Å². The average molecular weight is 322 g/mol. The van der Waals surface area contributed by atoms with Gasteiger partial charge in [0.25, 0.3) is 5.91 Å². The molecule has 0 fully saturated rings. The van der Waals surface area contributed by atoms with E-state index in [2.05, 4.69) is 5.32 Å². The summed E-state index contributed by atoms with van der Waals surface area (Å²) < 4.78 is 32.8. The van der Waals surface area contributed by atoms with Gasteiger partial charge in [0.1, 0.15) is 0 Å². The Balaban J connectivity index is 2.01. The van der Waals surface area contributed by atoms with Crippen molar-refractivity contribution in [1.82, 2.24) is 0 Å². The summed E-state index contributed by atoms with van der Waals surface area (Å²) in [6.07, 6.45) is 0. The highest BCUT2D eigenvalue weighted by Gasteiger charge is 2.20. The van der Waals surface area contributed by atoms with Crippen LogP contribution in [0.1, 0.15) is 16.1 Å². The lowest BCUT2D eigenvalue weighted by Crippen LogP contribution is -2.13. The molecule has 1 amide bonds. The topological polar surface area (TPSA) is 42.2 Å². The number of amides is 1. The molecule has 0 aliphatic carbocycles. The molecule has 3 aromatic rings. The maximum absolute atomic E-state index is 13.8. The molecule has 0 atom stereocenters. The zero-order chi connectivity index (χ0) is 15.9. The van der Waals surface area contributed by atoms with Crippen LogP contribution in [0.5, 0.6) is 0 Å². The van der Waals surface area contributed by atoms with Crippen LogP contribution >= 0.6 is 11.6 Å². The molecule has 112 valence electrons. The van der Waals surface area contributed by atoms with E-state index in [1.807, 2.05) is 0 Å². The number of nitrogens with one attached hydrogen (secondary N) is 1. The number of fused-ring (bicyclic) bond motifs is 1. The molecule has 0 saturated heterocycles. The molecule has 2 aromatic carbocycles. The summed E-state index contributed by atoms with van der Waals surface area (Å²) >= 11 is 5.66. The quantitative estimate of drug-likeness (QED) is 0.727. The number of halogens is 3. The van der Waals surface area contributed by atoms with Gasteiger partial charge in [-0.3, -0.25) is 4.79 Å². The number of hydrogen-bond acceptors (Lipinski definition) is 2. The molecule has 1 aromatic heterocycles. The first kappa shape index (κ1) is 14.5. The minimum Gasteiger partial charge on any atom is -0.448 e. The van der Waals surface area contributed by atoms with Crippen LogP contribution in [0.3, 0.4) is 0 Å². The SMILES string of the molecule is Cc1c(C(=O)Nc2cccc(Cl)c2F)oc2c(F)cccc12. The summed E-state index contributed by atoms with van der Waals surface area (Å²) in [7, 11) is 0. The first-order valence-electron chi connectivity index (χ1n) is 6.42. The molecule has 3 rings (SSSR count). The van der Waals surface area contributed by atoms with Gasteiger partial charge in [-0.1, -0.05) is 29.8 Å². The van der Waals surface area contributed by atoms with E-state index in [9.17, 15) is 13.6 Å². The molecule has 0 aliphatic heterocycles. The van der Waals surface area contributed by atoms with Crippen LogP contribution in [0.2, 0.25) is 5.02 Å². The summed E-state index contributed by atoms with van der Waals surface area (Å²) in [4.78, 5) is 12.2. The van der Waals surface area contributed by atoms with Crippen molar-refractivity contribution in [3.05, 3.63) is 64.4 Å². The number of aryl methyl sites for hydroxylation is 1. The van der Waals surface area contributed by atoms with Gasteiger partial charge in [0, 0.05) is 10.9 Å². The Morgan fingerprint density at radius 3 is 2.64 bits per heavy atom. The highest BCUT2D eigenvalue weighted by molar-refractivity contribution is 6.31. The lowest BCUT2D eigenvalue weighted by molar-refractivity contribution is 0.0997. The smallest absolute Gasteiger partial charge is 0.291 e. The molecular weight excluding hydrogens is 312 g/mol. The molecule has 6 heteroatoms. The van der Waals surface area contributed by atoms with Gasteiger partial charge in [-0.2, -0.15) is 0 Å². The molecule has 22 heavy (non-hydrogen) atoms. The van der Waals surface area contributed by atoms with Crippen LogP contribution in [-0.4, -0.2) is 5.91 Å². The summed E-state index contributed by atoms with van der Waals surface area (Å²) in [5.74, 6) is -2.04. The van der Waals surface area contributed by atoms with E-state index in [4.69, 9.17) is 16.0 Å². The lowest BCUT2D eigenvalue weighted by atomic mass is 10.1. The fourth-order valence-electron chi connectivity index (χ4n) is 2.20. The number of hydrogen-bond donors (Lipinski definition) is 1. The molecule has 1 heterocycles. The van der Waals surface area contributed by atoms with Crippen LogP contribution in [0.25, 0.3) is 11.0 Å². The molecule has 3 nitrogen and oxygen atoms in total. The summed E-state index contributed by atoms with van der Waals surface area (Å²) in [6.45, 7) is 1.63. The predicted molar refractivity (Wildman–Crippen MR) is 80.3 cm³/mol. The molecule has 0 unspecified atom stereocenters. The number of para-hydroxylation sites is 1. The van der Waals surface area contributed by atoms with Crippen LogP contribution in [0.4, 0.5) is 14.5 Å². The van der Waals surface area contributed by atoms with Gasteiger partial charge in [0.2, 0.25) is 0 Å². The fourth-order valence-corrected chi connectivity index (χ4v) is 2.38. The average Bonchev–Trinajstić information content (AvgIpc) is 2.83. The standard InChI is InChI=1S/C16H10ClF2NO2/c1-8-9-4-2-6-11(18)15(9)22-14(8)16(21)20-12-7-3-5-10(17)13(12)19/h2-7H,1H3,(H,20,21). The molecular formula is C16H10ClF2NO2. The summed E-state index contributed by atoms with van der Waals surface area (Å²) in [6, 6.07) is 8.66. The Morgan fingerprint density at radius 2 is 1.91 bits per heavy atom. The maximum Gasteiger partial charge on any atom is 0.291 e. The fraction of sp³-hybridized carbons (Fsp3) is 0.0625. The van der Waals surface area contributed by atoms with Gasteiger partial charge in [-0.05, 0) is 25.1 Å². The third-order valence-electron chi connectivity index (χ3n) is 3.32. The highest BCUT2D eigenvalue weighted by Crippen LogP contribution is 2.28. The predicted octanol–water partition coefficient (Wildman–Crippen LogP) is 4.93. The molecule has 0 bridgehead atoms. The lowest BCUT2D eigenvalue weighted by Gasteiger charge is -2.06. The zero-order valence-electron chi connectivity index (χ0n) is 11.4. The Bertz CT molecular complexity index is 889. The van der Waals surface area contributed by atoms with Gasteiger partial charge in [0.05, 0.1) is 10.7 Å². The van der Waals surface area contributed by atoms with Gasteiger partial charge in [0.15, 0.2) is 23.0 Å². The van der Waals surface area contributed by atoms with E-state index in [-0.39, 0.29) is 22.1 Å².